The van der Waals surface area contributed by atoms with E-state index in [1.165, 1.54) is 0 Å². The molecular weight excluding hydrogens is 207 g/mol. The standard InChI is InChI=1S/C10H16F3NO/c11-10(12,13)7-14-6-9(15)5-8-3-1-2-4-8/h8,14H,1-7H2. The van der Waals surface area contributed by atoms with Gasteiger partial charge in [-0.1, -0.05) is 25.7 Å². The molecule has 1 aliphatic rings. The Kier molecular flexibility index (Phi) is 4.57. The van der Waals surface area contributed by atoms with Crippen molar-refractivity contribution in [3.8, 4) is 0 Å². The molecule has 0 bridgehead atoms. The summed E-state index contributed by atoms with van der Waals surface area (Å²) in [5, 5.41) is 2.12. The molecule has 0 aliphatic heterocycles. The number of nitrogens with one attached hydrogen (secondary N) is 1. The Morgan fingerprint density at radius 2 is 1.87 bits per heavy atom. The Hall–Kier alpha value is -0.580. The van der Waals surface area contributed by atoms with Crippen molar-refractivity contribution in [2.45, 2.75) is 38.3 Å². The lowest BCUT2D eigenvalue weighted by atomic mass is 10.0. The molecule has 0 amide bonds. The number of carbonyl (C=O) groups is 1. The van der Waals surface area contributed by atoms with E-state index in [1.54, 1.807) is 0 Å². The van der Waals surface area contributed by atoms with Gasteiger partial charge in [0.05, 0.1) is 13.1 Å². The summed E-state index contributed by atoms with van der Waals surface area (Å²) in [5.74, 6) is 0.302. The lowest BCUT2D eigenvalue weighted by Crippen LogP contribution is -2.33. The molecule has 1 rings (SSSR count). The third-order valence-electron chi connectivity index (χ3n) is 2.64. The smallest absolute Gasteiger partial charge is 0.302 e. The second-order valence-electron chi connectivity index (χ2n) is 4.11. The van der Waals surface area contributed by atoms with Crippen LogP contribution in [0.1, 0.15) is 32.1 Å². The van der Waals surface area contributed by atoms with E-state index in [-0.39, 0.29) is 12.3 Å². The highest BCUT2D eigenvalue weighted by molar-refractivity contribution is 5.80. The summed E-state index contributed by atoms with van der Waals surface area (Å²) in [5.41, 5.74) is 0. The minimum atomic E-state index is -4.23. The molecule has 1 fully saturated rings. The van der Waals surface area contributed by atoms with Crippen LogP contribution < -0.4 is 5.32 Å². The molecule has 0 aromatic rings. The SMILES string of the molecule is O=C(CNCC(F)(F)F)CC1CCCC1. The number of Topliss-reactive ketones (excluding diaryl/α,β-unsaturated/α-hetero) is 1. The van der Waals surface area contributed by atoms with E-state index in [0.717, 1.165) is 25.7 Å². The molecule has 0 aromatic carbocycles. The fraction of sp³-hybridized carbons (Fsp3) is 0.900. The Labute approximate surface area is 87.2 Å². The lowest BCUT2D eigenvalue weighted by molar-refractivity contribution is -0.128. The van der Waals surface area contributed by atoms with Gasteiger partial charge < -0.3 is 5.32 Å². The fourth-order valence-corrected chi connectivity index (χ4v) is 1.95. The summed E-state index contributed by atoms with van der Waals surface area (Å²) in [6, 6.07) is 0. The zero-order valence-corrected chi connectivity index (χ0v) is 8.57. The first-order valence-electron chi connectivity index (χ1n) is 5.26. The molecule has 1 N–H and O–H groups in total. The Balaban J connectivity index is 2.08. The van der Waals surface area contributed by atoms with Crippen molar-refractivity contribution in [2.24, 2.45) is 5.92 Å². The molecule has 0 aromatic heterocycles. The van der Waals surface area contributed by atoms with E-state index >= 15 is 0 Å². The van der Waals surface area contributed by atoms with Crippen molar-refractivity contribution in [3.63, 3.8) is 0 Å². The van der Waals surface area contributed by atoms with Crippen LogP contribution in [0.25, 0.3) is 0 Å². The summed E-state index contributed by atoms with van der Waals surface area (Å²) in [6.45, 7) is -1.24. The van der Waals surface area contributed by atoms with Gasteiger partial charge in [-0.25, -0.2) is 0 Å². The van der Waals surface area contributed by atoms with Crippen LogP contribution in [0.3, 0.4) is 0 Å². The molecule has 2 nitrogen and oxygen atoms in total. The molecule has 5 heteroatoms. The molecule has 1 saturated carbocycles. The number of alkyl halides is 3. The van der Waals surface area contributed by atoms with Gasteiger partial charge in [0.1, 0.15) is 5.78 Å². The largest absolute Gasteiger partial charge is 0.401 e. The second kappa shape index (κ2) is 5.49. The predicted octanol–water partition coefficient (Wildman–Crippen LogP) is 2.29. The van der Waals surface area contributed by atoms with Gasteiger partial charge in [0.25, 0.3) is 0 Å². The highest BCUT2D eigenvalue weighted by atomic mass is 19.4. The molecule has 1 aliphatic carbocycles. The zero-order valence-electron chi connectivity index (χ0n) is 8.57. The summed E-state index contributed by atoms with van der Waals surface area (Å²) < 4.78 is 35.2. The van der Waals surface area contributed by atoms with Crippen molar-refractivity contribution < 1.29 is 18.0 Å². The molecule has 0 saturated heterocycles. The van der Waals surface area contributed by atoms with Crippen LogP contribution in [0.4, 0.5) is 13.2 Å². The summed E-state index contributed by atoms with van der Waals surface area (Å²) in [4.78, 5) is 11.3. The van der Waals surface area contributed by atoms with Crippen molar-refractivity contribution in [2.75, 3.05) is 13.1 Å². The van der Waals surface area contributed by atoms with E-state index < -0.39 is 12.7 Å². The molecule has 0 atom stereocenters. The molecule has 0 radical (unpaired) electrons. The number of hydrogen-bond acceptors (Lipinski definition) is 2. The van der Waals surface area contributed by atoms with Gasteiger partial charge >= 0.3 is 6.18 Å². The van der Waals surface area contributed by atoms with E-state index in [2.05, 4.69) is 5.32 Å². The third-order valence-corrected chi connectivity index (χ3v) is 2.64. The monoisotopic (exact) mass is 223 g/mol. The van der Waals surface area contributed by atoms with Crippen LogP contribution >= 0.6 is 0 Å². The maximum absolute atomic E-state index is 11.7. The number of carbonyl (C=O) groups excluding carboxylic acids is 1. The van der Waals surface area contributed by atoms with Crippen LogP contribution in [0.15, 0.2) is 0 Å². The Morgan fingerprint density at radius 1 is 1.27 bits per heavy atom. The first kappa shape index (κ1) is 12.5. The molecular formula is C10H16F3NO. The van der Waals surface area contributed by atoms with Gasteiger partial charge in [0, 0.05) is 6.42 Å². The maximum Gasteiger partial charge on any atom is 0.401 e. The quantitative estimate of drug-likeness (QED) is 0.774. The lowest BCUT2D eigenvalue weighted by Gasteiger charge is -2.09. The fourth-order valence-electron chi connectivity index (χ4n) is 1.95. The predicted molar refractivity (Wildman–Crippen MR) is 50.5 cm³/mol. The molecule has 15 heavy (non-hydrogen) atoms. The Morgan fingerprint density at radius 3 is 2.40 bits per heavy atom. The summed E-state index contributed by atoms with van der Waals surface area (Å²) >= 11 is 0. The Bertz CT molecular complexity index is 209. The summed E-state index contributed by atoms with van der Waals surface area (Å²) in [7, 11) is 0. The maximum atomic E-state index is 11.7. The van der Waals surface area contributed by atoms with Crippen LogP contribution in [0, 0.1) is 5.92 Å². The number of halogens is 3. The van der Waals surface area contributed by atoms with E-state index in [4.69, 9.17) is 0 Å². The number of ketones is 1. The van der Waals surface area contributed by atoms with Gasteiger partial charge in [-0.2, -0.15) is 13.2 Å². The molecule has 0 spiro atoms. The van der Waals surface area contributed by atoms with Gasteiger partial charge in [-0.15, -0.1) is 0 Å². The molecule has 0 unspecified atom stereocenters. The van der Waals surface area contributed by atoms with Crippen molar-refractivity contribution in [1.82, 2.24) is 5.32 Å². The van der Waals surface area contributed by atoms with E-state index in [9.17, 15) is 18.0 Å². The number of hydrogen-bond donors (Lipinski definition) is 1. The van der Waals surface area contributed by atoms with Crippen LogP contribution in [-0.4, -0.2) is 25.0 Å². The third kappa shape index (κ3) is 5.77. The van der Waals surface area contributed by atoms with Crippen LogP contribution in [0.5, 0.6) is 0 Å². The average Bonchev–Trinajstić information content (AvgIpc) is 2.54. The van der Waals surface area contributed by atoms with Gasteiger partial charge in [-0.05, 0) is 5.92 Å². The van der Waals surface area contributed by atoms with Gasteiger partial charge in [0.2, 0.25) is 0 Å². The van der Waals surface area contributed by atoms with Gasteiger partial charge in [0.15, 0.2) is 0 Å². The van der Waals surface area contributed by atoms with E-state index in [1.807, 2.05) is 0 Å². The van der Waals surface area contributed by atoms with Crippen LogP contribution in [0.2, 0.25) is 0 Å². The minimum absolute atomic E-state index is 0.105. The van der Waals surface area contributed by atoms with Crippen molar-refractivity contribution in [3.05, 3.63) is 0 Å². The first-order chi connectivity index (χ1) is 6.97. The number of rotatable bonds is 5. The van der Waals surface area contributed by atoms with Crippen molar-refractivity contribution >= 4 is 5.78 Å². The molecule has 88 valence electrons. The van der Waals surface area contributed by atoms with E-state index in [0.29, 0.717) is 12.3 Å². The average molecular weight is 223 g/mol. The summed E-state index contributed by atoms with van der Waals surface area (Å²) in [6.07, 6.45) is 0.594. The highest BCUT2D eigenvalue weighted by Crippen LogP contribution is 2.27. The molecule has 0 heterocycles. The van der Waals surface area contributed by atoms with Crippen molar-refractivity contribution in [1.29, 1.82) is 0 Å². The highest BCUT2D eigenvalue weighted by Gasteiger charge is 2.26. The first-order valence-corrected chi connectivity index (χ1v) is 5.26. The normalized spacial score (nSPS) is 18.3. The van der Waals surface area contributed by atoms with Crippen LogP contribution in [-0.2, 0) is 4.79 Å². The second-order valence-corrected chi connectivity index (χ2v) is 4.11. The zero-order chi connectivity index (χ0) is 11.3. The van der Waals surface area contributed by atoms with Gasteiger partial charge in [-0.3, -0.25) is 4.79 Å². The minimum Gasteiger partial charge on any atom is -0.302 e. The topological polar surface area (TPSA) is 29.1 Å².